The van der Waals surface area contributed by atoms with E-state index >= 15 is 0 Å². The molecule has 0 bridgehead atoms. The van der Waals surface area contributed by atoms with Crippen molar-refractivity contribution >= 4 is 11.8 Å². The molecule has 0 spiro atoms. The Bertz CT molecular complexity index is 1030. The number of hydrogen-bond acceptors (Lipinski definition) is 2. The van der Waals surface area contributed by atoms with E-state index in [4.69, 9.17) is 0 Å². The molecule has 0 unspecified atom stereocenters. The van der Waals surface area contributed by atoms with Gasteiger partial charge in [-0.1, -0.05) is 104 Å². The summed E-state index contributed by atoms with van der Waals surface area (Å²) in [4.78, 5) is 28.8. The Balaban J connectivity index is 1.86. The largest absolute Gasteiger partial charge is 0.354 e. The van der Waals surface area contributed by atoms with E-state index in [1.807, 2.05) is 60.7 Å². The molecule has 0 aliphatic rings. The van der Waals surface area contributed by atoms with Gasteiger partial charge in [0.2, 0.25) is 11.8 Å². The van der Waals surface area contributed by atoms with Crippen LogP contribution in [0.5, 0.6) is 0 Å². The van der Waals surface area contributed by atoms with Crippen LogP contribution in [0.1, 0.15) is 42.5 Å². The van der Waals surface area contributed by atoms with E-state index in [0.29, 0.717) is 38.3 Å². The average Bonchev–Trinajstić information content (AvgIpc) is 2.85. The maximum atomic E-state index is 13.6. The zero-order valence-electron chi connectivity index (χ0n) is 20.5. The summed E-state index contributed by atoms with van der Waals surface area (Å²) in [6.45, 7) is 7.18. The van der Waals surface area contributed by atoms with Crippen molar-refractivity contribution in [3.8, 4) is 0 Å². The number of amides is 2. The van der Waals surface area contributed by atoms with Gasteiger partial charge in [0.15, 0.2) is 0 Å². The molecule has 178 valence electrons. The van der Waals surface area contributed by atoms with E-state index in [0.717, 1.165) is 16.7 Å². The predicted octanol–water partition coefficient (Wildman–Crippen LogP) is 5.34. The normalized spacial score (nSPS) is 11.8. The molecule has 0 saturated carbocycles. The van der Waals surface area contributed by atoms with Gasteiger partial charge in [0.05, 0.1) is 0 Å². The van der Waals surface area contributed by atoms with Crippen LogP contribution < -0.4 is 5.32 Å². The molecular weight excluding hydrogens is 420 g/mol. The second-order valence-electron chi connectivity index (χ2n) is 9.34. The van der Waals surface area contributed by atoms with Crippen molar-refractivity contribution in [2.24, 2.45) is 5.92 Å². The summed E-state index contributed by atoms with van der Waals surface area (Å²) in [7, 11) is 0. The molecule has 0 saturated heterocycles. The third kappa shape index (κ3) is 7.87. The van der Waals surface area contributed by atoms with E-state index in [-0.39, 0.29) is 11.8 Å². The molecular formula is C30H36N2O2. The van der Waals surface area contributed by atoms with Gasteiger partial charge in [0.25, 0.3) is 0 Å². The smallest absolute Gasteiger partial charge is 0.243 e. The van der Waals surface area contributed by atoms with Crippen LogP contribution in [0.3, 0.4) is 0 Å². The van der Waals surface area contributed by atoms with Crippen molar-refractivity contribution < 1.29 is 9.59 Å². The minimum Gasteiger partial charge on any atom is -0.354 e. The van der Waals surface area contributed by atoms with Gasteiger partial charge in [0.1, 0.15) is 6.04 Å². The number of hydrogen-bond donors (Lipinski definition) is 1. The molecule has 1 atom stereocenters. The number of rotatable bonds is 11. The number of carbonyl (C=O) groups excluding carboxylic acids is 2. The lowest BCUT2D eigenvalue weighted by atomic mass is 10.0. The standard InChI is InChI=1S/C30H36N2O2/c1-23(2)21-31-30(34)28(20-26-10-6-4-7-11-26)32(22-27-12-8-5-9-13-27)29(33)19-18-25-16-14-24(3)15-17-25/h4-17,23,28H,18-22H2,1-3H3,(H,31,34)/t28-/m1/s1. The molecule has 0 heterocycles. The number of carbonyl (C=O) groups is 2. The van der Waals surface area contributed by atoms with E-state index in [1.165, 1.54) is 5.56 Å². The first-order valence-corrected chi connectivity index (χ1v) is 12.1. The second-order valence-corrected chi connectivity index (χ2v) is 9.34. The molecule has 1 N–H and O–H groups in total. The average molecular weight is 457 g/mol. The fraction of sp³-hybridized carbons (Fsp3) is 0.333. The van der Waals surface area contributed by atoms with Gasteiger partial charge in [-0.15, -0.1) is 0 Å². The van der Waals surface area contributed by atoms with Crippen LogP contribution in [0.25, 0.3) is 0 Å². The molecule has 3 aromatic rings. The van der Waals surface area contributed by atoms with Gasteiger partial charge < -0.3 is 10.2 Å². The molecule has 4 heteroatoms. The molecule has 0 fully saturated rings. The monoisotopic (exact) mass is 456 g/mol. The Hall–Kier alpha value is -3.40. The van der Waals surface area contributed by atoms with Crippen LogP contribution in [0.4, 0.5) is 0 Å². The van der Waals surface area contributed by atoms with Crippen LogP contribution >= 0.6 is 0 Å². The maximum Gasteiger partial charge on any atom is 0.243 e. The van der Waals surface area contributed by atoms with Gasteiger partial charge >= 0.3 is 0 Å². The van der Waals surface area contributed by atoms with Crippen LogP contribution in [0, 0.1) is 12.8 Å². The van der Waals surface area contributed by atoms with Gasteiger partial charge in [-0.2, -0.15) is 0 Å². The minimum absolute atomic E-state index is 0.00921. The molecule has 0 aromatic heterocycles. The maximum absolute atomic E-state index is 13.6. The minimum atomic E-state index is -0.577. The van der Waals surface area contributed by atoms with E-state index in [2.05, 4.69) is 50.4 Å². The third-order valence-electron chi connectivity index (χ3n) is 5.90. The van der Waals surface area contributed by atoms with Crippen molar-refractivity contribution in [3.63, 3.8) is 0 Å². The molecule has 0 aliphatic heterocycles. The Labute approximate surface area is 204 Å². The third-order valence-corrected chi connectivity index (χ3v) is 5.90. The second kappa shape index (κ2) is 12.7. The van der Waals surface area contributed by atoms with E-state index in [1.54, 1.807) is 4.90 Å². The summed E-state index contributed by atoms with van der Waals surface area (Å²) in [5.74, 6) is 0.225. The zero-order chi connectivity index (χ0) is 24.3. The number of benzene rings is 3. The molecule has 3 aromatic carbocycles. The summed E-state index contributed by atoms with van der Waals surface area (Å²) in [5, 5.41) is 3.07. The lowest BCUT2D eigenvalue weighted by Gasteiger charge is -2.32. The van der Waals surface area contributed by atoms with Gasteiger partial charge in [-0.25, -0.2) is 0 Å². The fourth-order valence-corrected chi connectivity index (χ4v) is 3.91. The van der Waals surface area contributed by atoms with Crippen LogP contribution in [-0.4, -0.2) is 29.3 Å². The summed E-state index contributed by atoms with van der Waals surface area (Å²) < 4.78 is 0. The van der Waals surface area contributed by atoms with Gasteiger partial charge in [0, 0.05) is 25.9 Å². The molecule has 0 aliphatic carbocycles. The molecule has 2 amide bonds. The SMILES string of the molecule is Cc1ccc(CCC(=O)N(Cc2ccccc2)[C@H](Cc2ccccc2)C(=O)NCC(C)C)cc1. The van der Waals surface area contributed by atoms with Crippen molar-refractivity contribution in [2.75, 3.05) is 6.54 Å². The highest BCUT2D eigenvalue weighted by molar-refractivity contribution is 5.88. The van der Waals surface area contributed by atoms with E-state index < -0.39 is 6.04 Å². The highest BCUT2D eigenvalue weighted by Gasteiger charge is 2.30. The lowest BCUT2D eigenvalue weighted by Crippen LogP contribution is -2.51. The first-order chi connectivity index (χ1) is 16.4. The fourth-order valence-electron chi connectivity index (χ4n) is 3.91. The van der Waals surface area contributed by atoms with Gasteiger partial charge in [-0.3, -0.25) is 9.59 Å². The quantitative estimate of drug-likeness (QED) is 0.423. The molecule has 3 rings (SSSR count). The molecule has 4 nitrogen and oxygen atoms in total. The summed E-state index contributed by atoms with van der Waals surface area (Å²) in [5.41, 5.74) is 4.38. The number of nitrogens with zero attached hydrogens (tertiary/aromatic N) is 1. The summed E-state index contributed by atoms with van der Waals surface area (Å²) in [6, 6.07) is 27.5. The van der Waals surface area contributed by atoms with Crippen LogP contribution in [0.2, 0.25) is 0 Å². The first kappa shape index (κ1) is 25.2. The Morgan fingerprint density at radius 1 is 0.794 bits per heavy atom. The number of aryl methyl sites for hydroxylation is 2. The Morgan fingerprint density at radius 2 is 1.38 bits per heavy atom. The van der Waals surface area contributed by atoms with Crippen molar-refractivity contribution in [2.45, 2.75) is 52.6 Å². The summed E-state index contributed by atoms with van der Waals surface area (Å²) in [6.07, 6.45) is 1.49. The Morgan fingerprint density at radius 3 is 1.97 bits per heavy atom. The van der Waals surface area contributed by atoms with Crippen molar-refractivity contribution in [3.05, 3.63) is 107 Å². The lowest BCUT2D eigenvalue weighted by molar-refractivity contribution is -0.141. The Kier molecular flexibility index (Phi) is 9.45. The molecule has 34 heavy (non-hydrogen) atoms. The van der Waals surface area contributed by atoms with Crippen molar-refractivity contribution in [1.82, 2.24) is 10.2 Å². The van der Waals surface area contributed by atoms with Crippen LogP contribution in [0.15, 0.2) is 84.9 Å². The first-order valence-electron chi connectivity index (χ1n) is 12.1. The van der Waals surface area contributed by atoms with E-state index in [9.17, 15) is 9.59 Å². The topological polar surface area (TPSA) is 49.4 Å². The number of nitrogens with one attached hydrogen (secondary N) is 1. The van der Waals surface area contributed by atoms with Gasteiger partial charge in [-0.05, 0) is 36.0 Å². The summed E-state index contributed by atoms with van der Waals surface area (Å²) >= 11 is 0. The predicted molar refractivity (Wildman–Crippen MR) is 138 cm³/mol. The highest BCUT2D eigenvalue weighted by atomic mass is 16.2. The van der Waals surface area contributed by atoms with Crippen LogP contribution in [-0.2, 0) is 29.0 Å². The highest BCUT2D eigenvalue weighted by Crippen LogP contribution is 2.17. The molecule has 0 radical (unpaired) electrons. The zero-order valence-corrected chi connectivity index (χ0v) is 20.5. The van der Waals surface area contributed by atoms with Crippen molar-refractivity contribution in [1.29, 1.82) is 0 Å².